The van der Waals surface area contributed by atoms with Gasteiger partial charge in [-0.2, -0.15) is 0 Å². The standard InChI is InChI=1S/C23H27ClN4O4/c1-3-16(2)21(25-22(29)17-7-5-4-6-8-17)23(30)27-13-11-26(12-14-27)19-10-9-18(24)15-20(19)28(31)32/h4-10,15-16,21H,3,11-14H2,1-2H3,(H,25,29). The smallest absolute Gasteiger partial charge is 0.294 e. The second-order valence-electron chi connectivity index (χ2n) is 7.91. The van der Waals surface area contributed by atoms with Crippen LogP contribution in [-0.2, 0) is 4.79 Å². The lowest BCUT2D eigenvalue weighted by atomic mass is 9.97. The molecule has 2 amide bonds. The Bertz CT molecular complexity index is 977. The van der Waals surface area contributed by atoms with Crippen molar-refractivity contribution in [3.05, 3.63) is 69.2 Å². The number of nitro benzene ring substituents is 1. The lowest BCUT2D eigenvalue weighted by Crippen LogP contribution is -2.56. The van der Waals surface area contributed by atoms with E-state index in [1.807, 2.05) is 24.8 Å². The zero-order valence-corrected chi connectivity index (χ0v) is 18.9. The second kappa shape index (κ2) is 10.5. The van der Waals surface area contributed by atoms with Crippen molar-refractivity contribution in [1.29, 1.82) is 0 Å². The number of amides is 2. The van der Waals surface area contributed by atoms with Crippen molar-refractivity contribution < 1.29 is 14.5 Å². The molecule has 1 fully saturated rings. The van der Waals surface area contributed by atoms with Crippen LogP contribution in [0.15, 0.2) is 48.5 Å². The maximum absolute atomic E-state index is 13.3. The first-order valence-electron chi connectivity index (χ1n) is 10.7. The van der Waals surface area contributed by atoms with Crippen molar-refractivity contribution in [2.45, 2.75) is 26.3 Å². The Balaban J connectivity index is 1.69. The normalized spacial score (nSPS) is 15.7. The number of carbonyl (C=O) groups is 2. The Labute approximate surface area is 192 Å². The topological polar surface area (TPSA) is 95.8 Å². The molecule has 1 saturated heterocycles. The van der Waals surface area contributed by atoms with Crippen molar-refractivity contribution in [2.75, 3.05) is 31.1 Å². The number of benzene rings is 2. The molecule has 0 bridgehead atoms. The minimum Gasteiger partial charge on any atom is -0.362 e. The monoisotopic (exact) mass is 458 g/mol. The molecule has 0 aliphatic carbocycles. The van der Waals surface area contributed by atoms with E-state index < -0.39 is 11.0 Å². The van der Waals surface area contributed by atoms with Crippen molar-refractivity contribution in [3.8, 4) is 0 Å². The quantitative estimate of drug-likeness (QED) is 0.503. The third kappa shape index (κ3) is 5.37. The molecule has 2 atom stereocenters. The molecule has 2 unspecified atom stereocenters. The molecule has 8 nitrogen and oxygen atoms in total. The van der Waals surface area contributed by atoms with E-state index >= 15 is 0 Å². The summed E-state index contributed by atoms with van der Waals surface area (Å²) in [6.07, 6.45) is 0.739. The number of nitrogens with one attached hydrogen (secondary N) is 1. The van der Waals surface area contributed by atoms with Gasteiger partial charge in [0, 0.05) is 42.8 Å². The Hall–Kier alpha value is -3.13. The summed E-state index contributed by atoms with van der Waals surface area (Å²) in [7, 11) is 0. The van der Waals surface area contributed by atoms with Crippen molar-refractivity contribution in [2.24, 2.45) is 5.92 Å². The summed E-state index contributed by atoms with van der Waals surface area (Å²) < 4.78 is 0. The lowest BCUT2D eigenvalue weighted by molar-refractivity contribution is -0.384. The molecule has 3 rings (SSSR count). The van der Waals surface area contributed by atoms with Crippen LogP contribution in [0, 0.1) is 16.0 Å². The maximum atomic E-state index is 13.3. The molecule has 170 valence electrons. The highest BCUT2D eigenvalue weighted by molar-refractivity contribution is 6.30. The number of carbonyl (C=O) groups excluding carboxylic acids is 2. The maximum Gasteiger partial charge on any atom is 0.294 e. The molecular weight excluding hydrogens is 432 g/mol. The van der Waals surface area contributed by atoms with Gasteiger partial charge in [-0.1, -0.05) is 50.1 Å². The summed E-state index contributed by atoms with van der Waals surface area (Å²) in [5, 5.41) is 14.6. The number of hydrogen-bond donors (Lipinski definition) is 1. The molecule has 0 aromatic heterocycles. The van der Waals surface area contributed by atoms with Gasteiger partial charge in [-0.05, 0) is 30.2 Å². The third-order valence-electron chi connectivity index (χ3n) is 5.87. The Morgan fingerprint density at radius 3 is 2.38 bits per heavy atom. The summed E-state index contributed by atoms with van der Waals surface area (Å²) in [4.78, 5) is 40.5. The van der Waals surface area contributed by atoms with Crippen LogP contribution in [0.1, 0.15) is 30.6 Å². The van der Waals surface area contributed by atoms with Crippen LogP contribution in [0.2, 0.25) is 5.02 Å². The molecule has 0 spiro atoms. The predicted molar refractivity (Wildman–Crippen MR) is 124 cm³/mol. The summed E-state index contributed by atoms with van der Waals surface area (Å²) in [5.41, 5.74) is 0.945. The van der Waals surface area contributed by atoms with E-state index in [1.54, 1.807) is 41.3 Å². The SMILES string of the molecule is CCC(C)C(NC(=O)c1ccccc1)C(=O)N1CCN(c2ccc(Cl)cc2[N+](=O)[O-])CC1. The number of nitrogens with zero attached hydrogens (tertiary/aromatic N) is 3. The second-order valence-corrected chi connectivity index (χ2v) is 8.34. The first-order valence-corrected chi connectivity index (χ1v) is 11.0. The van der Waals surface area contributed by atoms with Gasteiger partial charge in [0.25, 0.3) is 11.6 Å². The average Bonchev–Trinajstić information content (AvgIpc) is 2.82. The van der Waals surface area contributed by atoms with Crippen LogP contribution in [0.25, 0.3) is 0 Å². The number of halogens is 1. The molecular formula is C23H27ClN4O4. The molecule has 32 heavy (non-hydrogen) atoms. The zero-order chi connectivity index (χ0) is 23.3. The molecule has 2 aromatic rings. The number of anilines is 1. The third-order valence-corrected chi connectivity index (χ3v) is 6.10. The molecule has 9 heteroatoms. The van der Waals surface area contributed by atoms with Crippen molar-refractivity contribution >= 4 is 34.8 Å². The number of piperazine rings is 1. The van der Waals surface area contributed by atoms with Gasteiger partial charge in [-0.3, -0.25) is 19.7 Å². The van der Waals surface area contributed by atoms with Crippen molar-refractivity contribution in [3.63, 3.8) is 0 Å². The summed E-state index contributed by atoms with van der Waals surface area (Å²) in [5.74, 6) is -0.445. The number of hydrogen-bond acceptors (Lipinski definition) is 5. The van der Waals surface area contributed by atoms with Crippen LogP contribution in [0.5, 0.6) is 0 Å². The van der Waals surface area contributed by atoms with Gasteiger partial charge in [-0.15, -0.1) is 0 Å². The Morgan fingerprint density at radius 2 is 1.78 bits per heavy atom. The van der Waals surface area contributed by atoms with Gasteiger partial charge in [0.2, 0.25) is 5.91 Å². The molecule has 1 N–H and O–H groups in total. The molecule has 1 aliphatic rings. The van der Waals surface area contributed by atoms with Gasteiger partial charge in [-0.25, -0.2) is 0 Å². The van der Waals surface area contributed by atoms with E-state index in [9.17, 15) is 19.7 Å². The van der Waals surface area contributed by atoms with Gasteiger partial charge in [0.15, 0.2) is 0 Å². The number of nitro groups is 1. The Kier molecular flexibility index (Phi) is 7.69. The van der Waals surface area contributed by atoms with Crippen LogP contribution >= 0.6 is 11.6 Å². The first-order chi connectivity index (χ1) is 15.3. The van der Waals surface area contributed by atoms with Gasteiger partial charge >= 0.3 is 0 Å². The average molecular weight is 459 g/mol. The van der Waals surface area contributed by atoms with Crippen LogP contribution in [-0.4, -0.2) is 53.9 Å². The summed E-state index contributed by atoms with van der Waals surface area (Å²) >= 11 is 5.92. The highest BCUT2D eigenvalue weighted by Crippen LogP contribution is 2.31. The molecule has 1 heterocycles. The van der Waals surface area contributed by atoms with E-state index in [-0.39, 0.29) is 23.4 Å². The highest BCUT2D eigenvalue weighted by Gasteiger charge is 2.33. The van der Waals surface area contributed by atoms with Crippen molar-refractivity contribution in [1.82, 2.24) is 10.2 Å². The minimum atomic E-state index is -0.635. The molecule has 0 saturated carbocycles. The Morgan fingerprint density at radius 1 is 1.12 bits per heavy atom. The van der Waals surface area contributed by atoms with E-state index in [1.165, 1.54) is 6.07 Å². The summed E-state index contributed by atoms with van der Waals surface area (Å²) in [6.45, 7) is 5.65. The summed E-state index contributed by atoms with van der Waals surface area (Å²) in [6, 6.07) is 12.8. The van der Waals surface area contributed by atoms with Gasteiger partial charge in [0.05, 0.1) is 4.92 Å². The van der Waals surface area contributed by atoms with Crippen LogP contribution in [0.3, 0.4) is 0 Å². The molecule has 1 aliphatic heterocycles. The van der Waals surface area contributed by atoms with E-state index in [0.29, 0.717) is 42.5 Å². The highest BCUT2D eigenvalue weighted by atomic mass is 35.5. The fourth-order valence-electron chi connectivity index (χ4n) is 3.77. The molecule has 2 aromatic carbocycles. The fraction of sp³-hybridized carbons (Fsp3) is 0.391. The zero-order valence-electron chi connectivity index (χ0n) is 18.2. The number of rotatable bonds is 7. The predicted octanol–water partition coefficient (Wildman–Crippen LogP) is 3.74. The lowest BCUT2D eigenvalue weighted by Gasteiger charge is -2.38. The van der Waals surface area contributed by atoms with E-state index in [0.717, 1.165) is 6.42 Å². The van der Waals surface area contributed by atoms with Crippen LogP contribution < -0.4 is 10.2 Å². The van der Waals surface area contributed by atoms with Gasteiger partial charge < -0.3 is 15.1 Å². The van der Waals surface area contributed by atoms with E-state index in [2.05, 4.69) is 5.32 Å². The van der Waals surface area contributed by atoms with Gasteiger partial charge in [0.1, 0.15) is 11.7 Å². The van der Waals surface area contributed by atoms with Crippen LogP contribution in [0.4, 0.5) is 11.4 Å². The van der Waals surface area contributed by atoms with E-state index in [4.69, 9.17) is 11.6 Å². The first kappa shape index (κ1) is 23.5. The minimum absolute atomic E-state index is 0.0365. The fourth-order valence-corrected chi connectivity index (χ4v) is 3.94. The largest absolute Gasteiger partial charge is 0.362 e. The molecule has 0 radical (unpaired) electrons.